The van der Waals surface area contributed by atoms with Gasteiger partial charge in [0.25, 0.3) is 0 Å². The monoisotopic (exact) mass is 894 g/mol. The molecule has 6 rings (SSSR count). The minimum atomic E-state index is -4.94. The Morgan fingerprint density at radius 2 is 0.864 bits per heavy atom. The summed E-state index contributed by atoms with van der Waals surface area (Å²) in [7, 11) is -9.89. The minimum absolute atomic E-state index is 0. The largest absolute Gasteiger partial charge is 2.00 e. The molecule has 0 spiro atoms. The van der Waals surface area contributed by atoms with Gasteiger partial charge in [0, 0.05) is 61.1 Å². The van der Waals surface area contributed by atoms with Gasteiger partial charge < -0.3 is 9.80 Å². The van der Waals surface area contributed by atoms with E-state index in [0.717, 1.165) is 71.2 Å². The fourth-order valence-corrected chi connectivity index (χ4v) is 5.82. The zero-order valence-electron chi connectivity index (χ0n) is 32.9. The smallest absolute Gasteiger partial charge is 0.372 e. The average Bonchev–Trinajstić information content (AvgIpc) is 3.16. The molecule has 19 heteroatoms. The number of rotatable bonds is 8. The van der Waals surface area contributed by atoms with E-state index in [-0.39, 0.29) is 28.1 Å². The number of aromatic nitrogens is 2. The molecular weight excluding hydrogens is 854 g/mol. The van der Waals surface area contributed by atoms with Crippen molar-refractivity contribution in [3.05, 3.63) is 131 Å². The molecule has 316 valence electrons. The summed E-state index contributed by atoms with van der Waals surface area (Å²) in [5.74, 6) is -0.142. The van der Waals surface area contributed by atoms with E-state index < -0.39 is 20.5 Å². The molecule has 0 saturated carbocycles. The first-order valence-corrected chi connectivity index (χ1v) is 20.2. The van der Waals surface area contributed by atoms with Crippen LogP contribution in [0.2, 0.25) is 0 Å². The Kier molecular flexibility index (Phi) is 19.8. The van der Waals surface area contributed by atoms with Crippen LogP contribution in [0, 0.1) is 34.3 Å². The molecule has 2 heterocycles. The zero-order valence-corrected chi connectivity index (χ0v) is 35.4. The summed E-state index contributed by atoms with van der Waals surface area (Å²) in [6.45, 7) is 16.7. The zero-order chi connectivity index (χ0) is 43.2. The van der Waals surface area contributed by atoms with Crippen molar-refractivity contribution in [2.24, 2.45) is 9.98 Å². The van der Waals surface area contributed by atoms with Gasteiger partial charge in [-0.25, -0.2) is 47.3 Å². The standard InChI is InChI=1S/2C20H21N3O.2ClHO4.Ni/c2*1-4-23(5-2)15-8-9-17(14(3)13-15)22-18-10-11-19(24)20-16(18)7-6-12-21-20;2*2-1(3,4)5;/h2*6-13H,4-5H2,1-3H3;2*(H,2,3,4,5);/q;;;;+2/p-2. The van der Waals surface area contributed by atoms with E-state index in [0.29, 0.717) is 11.4 Å². The Balaban J connectivity index is 0.000000327. The van der Waals surface area contributed by atoms with Gasteiger partial charge in [0.2, 0.25) is 11.6 Å². The minimum Gasteiger partial charge on any atom is -0.372 e. The predicted octanol–water partition coefficient (Wildman–Crippen LogP) is -1.30. The number of fused-ring (bicyclic) bond motifs is 2. The van der Waals surface area contributed by atoms with Crippen LogP contribution in [0.15, 0.2) is 107 Å². The third-order valence-electron chi connectivity index (χ3n) is 8.52. The molecule has 0 fully saturated rings. The molecule has 59 heavy (non-hydrogen) atoms. The SMILES string of the molecule is CCN(CC)c1ccc(N=C2C=CC(=O)c3ncccc32)c(C)c1.CCN(CC)c1ccc(N=C2C=CC(=O)c3ncccc32)c(C)c1.[Ni+2].[O-][Cl+3]([O-])([O-])[O-].[O-][Cl+3]([O-])([O-])[O-]. The first-order valence-electron chi connectivity index (χ1n) is 17.7. The number of carbonyl (C=O) groups is 2. The van der Waals surface area contributed by atoms with E-state index in [1.54, 1.807) is 24.5 Å². The summed E-state index contributed by atoms with van der Waals surface area (Å²) in [5.41, 5.74) is 10.5. The molecule has 0 aliphatic heterocycles. The van der Waals surface area contributed by atoms with Crippen LogP contribution in [-0.2, 0) is 16.5 Å². The molecule has 0 atom stereocenters. The normalized spacial score (nSPS) is 14.1. The van der Waals surface area contributed by atoms with E-state index in [4.69, 9.17) is 47.3 Å². The molecule has 2 aromatic heterocycles. The summed E-state index contributed by atoms with van der Waals surface area (Å²) in [6.07, 6.45) is 9.88. The maximum atomic E-state index is 11.9. The fraction of sp³-hybridized carbons (Fsp3) is 0.250. The maximum absolute atomic E-state index is 11.9. The Morgan fingerprint density at radius 3 is 1.15 bits per heavy atom. The van der Waals surface area contributed by atoms with Crippen molar-refractivity contribution in [2.45, 2.75) is 41.5 Å². The number of pyridine rings is 2. The van der Waals surface area contributed by atoms with Gasteiger partial charge in [0.1, 0.15) is 11.4 Å². The Morgan fingerprint density at radius 1 is 0.542 bits per heavy atom. The van der Waals surface area contributed by atoms with Crippen LogP contribution in [0.5, 0.6) is 0 Å². The van der Waals surface area contributed by atoms with Crippen LogP contribution < -0.4 is 47.1 Å². The van der Waals surface area contributed by atoms with Crippen molar-refractivity contribution in [2.75, 3.05) is 36.0 Å². The van der Waals surface area contributed by atoms with Crippen LogP contribution in [0.1, 0.15) is 70.9 Å². The number of ketones is 2. The molecule has 0 N–H and O–H groups in total. The molecule has 2 aliphatic carbocycles. The van der Waals surface area contributed by atoms with E-state index in [1.807, 2.05) is 36.4 Å². The summed E-state index contributed by atoms with van der Waals surface area (Å²) in [5, 5.41) is 0. The third-order valence-corrected chi connectivity index (χ3v) is 8.52. The van der Waals surface area contributed by atoms with Crippen LogP contribution in [-0.4, -0.2) is 59.1 Å². The van der Waals surface area contributed by atoms with Crippen molar-refractivity contribution < 1.29 is 83.8 Å². The van der Waals surface area contributed by atoms with Crippen molar-refractivity contribution >= 4 is 45.7 Å². The van der Waals surface area contributed by atoms with Crippen LogP contribution in [0.4, 0.5) is 22.7 Å². The Hall–Kier alpha value is -4.75. The number of aliphatic imine (C=N–C) groups is 2. The number of hydrogen-bond donors (Lipinski definition) is 0. The van der Waals surface area contributed by atoms with Gasteiger partial charge in [-0.05, 0) is 138 Å². The van der Waals surface area contributed by atoms with E-state index in [1.165, 1.54) is 23.5 Å². The summed E-state index contributed by atoms with van der Waals surface area (Å²) < 4.78 is 67.9. The molecule has 2 aromatic carbocycles. The molecule has 16 nitrogen and oxygen atoms in total. The molecule has 0 amide bonds. The summed E-state index contributed by atoms with van der Waals surface area (Å²) >= 11 is 0. The number of hydrogen-bond acceptors (Lipinski definition) is 16. The van der Waals surface area contributed by atoms with Gasteiger partial charge in [0.05, 0.1) is 22.8 Å². The van der Waals surface area contributed by atoms with Crippen molar-refractivity contribution in [1.29, 1.82) is 0 Å². The number of anilines is 2. The van der Waals surface area contributed by atoms with Gasteiger partial charge in [-0.1, -0.05) is 0 Å². The van der Waals surface area contributed by atoms with Crippen LogP contribution in [0.25, 0.3) is 0 Å². The first-order chi connectivity index (χ1) is 27.3. The van der Waals surface area contributed by atoms with Crippen molar-refractivity contribution in [1.82, 2.24) is 9.97 Å². The first kappa shape index (κ1) is 50.4. The molecular formula is C40H42Cl2N6NiO10. The number of allylic oxidation sites excluding steroid dienone is 4. The van der Waals surface area contributed by atoms with Gasteiger partial charge in [-0.15, -0.1) is 20.5 Å². The van der Waals surface area contributed by atoms with Crippen molar-refractivity contribution in [3.8, 4) is 0 Å². The second-order valence-corrected chi connectivity index (χ2v) is 13.7. The van der Waals surface area contributed by atoms with Gasteiger partial charge in [-0.2, -0.15) is 0 Å². The summed E-state index contributed by atoms with van der Waals surface area (Å²) in [6, 6.07) is 20.0. The van der Waals surface area contributed by atoms with E-state index in [2.05, 4.69) is 85.6 Å². The van der Waals surface area contributed by atoms with Gasteiger partial charge in [0.15, 0.2) is 0 Å². The number of nitrogens with zero attached hydrogens (tertiary/aromatic N) is 6. The molecule has 4 aromatic rings. The topological polar surface area (TPSA) is 276 Å². The molecule has 2 aliphatic rings. The van der Waals surface area contributed by atoms with Crippen LogP contribution in [0.3, 0.4) is 0 Å². The molecule has 0 radical (unpaired) electrons. The van der Waals surface area contributed by atoms with Gasteiger partial charge >= 0.3 is 16.5 Å². The number of halogens is 2. The van der Waals surface area contributed by atoms with Crippen molar-refractivity contribution in [3.63, 3.8) is 0 Å². The fourth-order valence-electron chi connectivity index (χ4n) is 5.82. The number of carbonyl (C=O) groups excluding carboxylic acids is 2. The third kappa shape index (κ3) is 16.1. The second kappa shape index (κ2) is 23.1. The molecule has 0 saturated heterocycles. The quantitative estimate of drug-likeness (QED) is 0.186. The average molecular weight is 896 g/mol. The molecule has 0 unspecified atom stereocenters. The van der Waals surface area contributed by atoms with Crippen LogP contribution >= 0.6 is 0 Å². The Labute approximate surface area is 356 Å². The summed E-state index contributed by atoms with van der Waals surface area (Å²) in [4.78, 5) is 46.4. The van der Waals surface area contributed by atoms with E-state index >= 15 is 0 Å². The predicted molar refractivity (Wildman–Crippen MR) is 197 cm³/mol. The Bertz CT molecular complexity index is 2020. The van der Waals surface area contributed by atoms with Gasteiger partial charge in [-0.3, -0.25) is 19.6 Å². The number of benzene rings is 2. The second-order valence-electron chi connectivity index (χ2n) is 12.2. The molecule has 0 bridgehead atoms. The maximum Gasteiger partial charge on any atom is 2.00 e. The van der Waals surface area contributed by atoms with E-state index in [9.17, 15) is 9.59 Å². The number of aryl methyl sites for hydroxylation is 2.